The number of hydrogen-bond acceptors (Lipinski definition) is 3. The average Bonchev–Trinajstić information content (AvgIpc) is 2.61. The minimum atomic E-state index is -3.27. The van der Waals surface area contributed by atoms with E-state index >= 15 is 0 Å². The summed E-state index contributed by atoms with van der Waals surface area (Å²) in [6, 6.07) is 20.7. The molecule has 0 saturated heterocycles. The second-order valence-corrected chi connectivity index (χ2v) is 7.89. The summed E-state index contributed by atoms with van der Waals surface area (Å²) >= 11 is 0. The van der Waals surface area contributed by atoms with E-state index in [1.807, 2.05) is 54.6 Å². The van der Waals surface area contributed by atoms with E-state index < -0.39 is 10.0 Å². The Morgan fingerprint density at radius 3 is 2.31 bits per heavy atom. The van der Waals surface area contributed by atoms with Crippen LogP contribution in [0.25, 0.3) is 10.8 Å². The number of anilines is 1. The molecular weight excluding hydrogens is 348 g/mol. The van der Waals surface area contributed by atoms with Crippen LogP contribution >= 0.6 is 0 Å². The first-order valence-electron chi connectivity index (χ1n) is 8.24. The van der Waals surface area contributed by atoms with Crippen molar-refractivity contribution < 1.29 is 13.2 Å². The first kappa shape index (κ1) is 17.9. The molecule has 0 bridgehead atoms. The van der Waals surface area contributed by atoms with E-state index in [0.717, 1.165) is 22.6 Å². The van der Waals surface area contributed by atoms with Gasteiger partial charge in [-0.2, -0.15) is 0 Å². The zero-order valence-corrected chi connectivity index (χ0v) is 15.2. The Morgan fingerprint density at radius 1 is 0.923 bits per heavy atom. The summed E-state index contributed by atoms with van der Waals surface area (Å²) in [7, 11) is -3.27. The van der Waals surface area contributed by atoms with Crippen LogP contribution in [0.15, 0.2) is 66.7 Å². The van der Waals surface area contributed by atoms with Crippen molar-refractivity contribution in [3.8, 4) is 0 Å². The molecule has 0 aliphatic heterocycles. The SMILES string of the molecule is CS(=O)(=O)Nc1ccc(CCNC(=O)c2ccc3ccccc3c2)cc1. The summed E-state index contributed by atoms with van der Waals surface area (Å²) in [6.45, 7) is 0.504. The molecule has 134 valence electrons. The zero-order valence-electron chi connectivity index (χ0n) is 14.4. The number of benzene rings is 3. The largest absolute Gasteiger partial charge is 0.352 e. The Labute approximate surface area is 153 Å². The molecule has 3 aromatic carbocycles. The summed E-state index contributed by atoms with van der Waals surface area (Å²) in [5.41, 5.74) is 2.18. The predicted molar refractivity (Wildman–Crippen MR) is 105 cm³/mol. The molecule has 0 radical (unpaired) electrons. The maximum atomic E-state index is 12.3. The summed E-state index contributed by atoms with van der Waals surface area (Å²) in [4.78, 5) is 12.3. The van der Waals surface area contributed by atoms with E-state index in [1.165, 1.54) is 0 Å². The highest BCUT2D eigenvalue weighted by Gasteiger charge is 2.06. The lowest BCUT2D eigenvalue weighted by molar-refractivity contribution is 0.0954. The first-order chi connectivity index (χ1) is 12.4. The van der Waals surface area contributed by atoms with Crippen molar-refractivity contribution in [2.75, 3.05) is 17.5 Å². The molecule has 1 amide bonds. The van der Waals surface area contributed by atoms with Gasteiger partial charge in [0.2, 0.25) is 10.0 Å². The molecule has 0 heterocycles. The lowest BCUT2D eigenvalue weighted by Gasteiger charge is -2.08. The van der Waals surface area contributed by atoms with Gasteiger partial charge in [-0.15, -0.1) is 0 Å². The Bertz CT molecular complexity index is 1030. The standard InChI is InChI=1S/C20H20N2O3S/c1-26(24,25)22-19-10-6-15(7-11-19)12-13-21-20(23)18-9-8-16-4-2-3-5-17(16)14-18/h2-11,14,22H,12-13H2,1H3,(H,21,23). The summed E-state index contributed by atoms with van der Waals surface area (Å²) in [5, 5.41) is 5.05. The second kappa shape index (κ2) is 7.58. The molecule has 0 aliphatic rings. The van der Waals surface area contributed by atoms with Gasteiger partial charge in [0.05, 0.1) is 6.26 Å². The maximum absolute atomic E-state index is 12.3. The van der Waals surface area contributed by atoms with E-state index in [-0.39, 0.29) is 5.91 Å². The predicted octanol–water partition coefficient (Wildman–Crippen LogP) is 3.18. The van der Waals surface area contributed by atoms with Crippen molar-refractivity contribution >= 4 is 32.4 Å². The van der Waals surface area contributed by atoms with E-state index in [9.17, 15) is 13.2 Å². The number of nitrogens with one attached hydrogen (secondary N) is 2. The van der Waals surface area contributed by atoms with Gasteiger partial charge in [-0.1, -0.05) is 42.5 Å². The molecule has 0 fully saturated rings. The lowest BCUT2D eigenvalue weighted by atomic mass is 10.1. The van der Waals surface area contributed by atoms with Crippen LogP contribution in [0.1, 0.15) is 15.9 Å². The molecule has 2 N–H and O–H groups in total. The third-order valence-electron chi connectivity index (χ3n) is 3.97. The highest BCUT2D eigenvalue weighted by Crippen LogP contribution is 2.15. The van der Waals surface area contributed by atoms with E-state index in [0.29, 0.717) is 24.2 Å². The van der Waals surface area contributed by atoms with Crippen LogP contribution in [0, 0.1) is 0 Å². The van der Waals surface area contributed by atoms with Crippen molar-refractivity contribution in [3.63, 3.8) is 0 Å². The Hall–Kier alpha value is -2.86. The van der Waals surface area contributed by atoms with Crippen molar-refractivity contribution in [2.45, 2.75) is 6.42 Å². The van der Waals surface area contributed by atoms with Crippen LogP contribution in [-0.2, 0) is 16.4 Å². The number of fused-ring (bicyclic) bond motifs is 1. The van der Waals surface area contributed by atoms with Gasteiger partial charge in [0.15, 0.2) is 0 Å². The fraction of sp³-hybridized carbons (Fsp3) is 0.150. The molecular formula is C20H20N2O3S. The minimum absolute atomic E-state index is 0.105. The number of carbonyl (C=O) groups is 1. The highest BCUT2D eigenvalue weighted by molar-refractivity contribution is 7.92. The number of rotatable bonds is 6. The monoisotopic (exact) mass is 368 g/mol. The Morgan fingerprint density at radius 2 is 1.62 bits per heavy atom. The summed E-state index contributed by atoms with van der Waals surface area (Å²) in [5.74, 6) is -0.105. The fourth-order valence-electron chi connectivity index (χ4n) is 2.71. The van der Waals surface area contributed by atoms with E-state index in [4.69, 9.17) is 0 Å². The zero-order chi connectivity index (χ0) is 18.6. The van der Waals surface area contributed by atoms with Crippen molar-refractivity contribution in [3.05, 3.63) is 77.9 Å². The van der Waals surface area contributed by atoms with Gasteiger partial charge >= 0.3 is 0 Å². The molecule has 26 heavy (non-hydrogen) atoms. The van der Waals surface area contributed by atoms with Crippen LogP contribution in [0.3, 0.4) is 0 Å². The number of sulfonamides is 1. The van der Waals surface area contributed by atoms with Gasteiger partial charge in [0, 0.05) is 17.8 Å². The Kier molecular flexibility index (Phi) is 5.23. The van der Waals surface area contributed by atoms with Crippen molar-refractivity contribution in [2.24, 2.45) is 0 Å². The van der Waals surface area contributed by atoms with Crippen LogP contribution in [0.5, 0.6) is 0 Å². The normalized spacial score (nSPS) is 11.3. The third kappa shape index (κ3) is 4.83. The quantitative estimate of drug-likeness (QED) is 0.702. The van der Waals surface area contributed by atoms with Crippen molar-refractivity contribution in [1.29, 1.82) is 0 Å². The van der Waals surface area contributed by atoms with Gasteiger partial charge in [-0.25, -0.2) is 8.42 Å². The first-order valence-corrected chi connectivity index (χ1v) is 10.1. The van der Waals surface area contributed by atoms with E-state index in [1.54, 1.807) is 12.1 Å². The molecule has 0 unspecified atom stereocenters. The van der Waals surface area contributed by atoms with Gasteiger partial charge in [0.25, 0.3) is 5.91 Å². The van der Waals surface area contributed by atoms with Crippen LogP contribution in [0.2, 0.25) is 0 Å². The second-order valence-electron chi connectivity index (χ2n) is 6.14. The molecule has 0 spiro atoms. The van der Waals surface area contributed by atoms with Gasteiger partial charge in [-0.3, -0.25) is 9.52 Å². The molecule has 6 heteroatoms. The molecule has 0 aromatic heterocycles. The van der Waals surface area contributed by atoms with Gasteiger partial charge in [0.1, 0.15) is 0 Å². The molecule has 0 aliphatic carbocycles. The maximum Gasteiger partial charge on any atom is 0.251 e. The van der Waals surface area contributed by atoms with Crippen LogP contribution in [0.4, 0.5) is 5.69 Å². The Balaban J connectivity index is 1.56. The molecule has 0 atom stereocenters. The number of amides is 1. The molecule has 3 rings (SSSR count). The lowest BCUT2D eigenvalue weighted by Crippen LogP contribution is -2.25. The fourth-order valence-corrected chi connectivity index (χ4v) is 3.27. The molecule has 5 nitrogen and oxygen atoms in total. The molecule has 3 aromatic rings. The van der Waals surface area contributed by atoms with E-state index in [2.05, 4.69) is 10.0 Å². The number of hydrogen-bond donors (Lipinski definition) is 2. The van der Waals surface area contributed by atoms with Crippen LogP contribution in [-0.4, -0.2) is 27.1 Å². The topological polar surface area (TPSA) is 75.3 Å². The van der Waals surface area contributed by atoms with Gasteiger partial charge in [-0.05, 0) is 47.0 Å². The highest BCUT2D eigenvalue weighted by atomic mass is 32.2. The average molecular weight is 368 g/mol. The number of carbonyl (C=O) groups excluding carboxylic acids is 1. The summed E-state index contributed by atoms with van der Waals surface area (Å²) < 4.78 is 24.8. The molecule has 0 saturated carbocycles. The minimum Gasteiger partial charge on any atom is -0.352 e. The smallest absolute Gasteiger partial charge is 0.251 e. The third-order valence-corrected chi connectivity index (χ3v) is 4.57. The van der Waals surface area contributed by atoms with Crippen molar-refractivity contribution in [1.82, 2.24) is 5.32 Å². The van der Waals surface area contributed by atoms with Gasteiger partial charge < -0.3 is 5.32 Å². The summed E-state index contributed by atoms with van der Waals surface area (Å²) in [6.07, 6.45) is 1.78. The van der Waals surface area contributed by atoms with Crippen LogP contribution < -0.4 is 10.0 Å².